The standard InChI is InChI=1S/C4H12N2OS/c1-3-4(2)8(5,6)7/h4H,3H2,1-2H3,(H3,5,6,7). The maximum Gasteiger partial charge on any atom is 0.105 e. The summed E-state index contributed by atoms with van der Waals surface area (Å²) in [6.07, 6.45) is 0.707. The maximum absolute atomic E-state index is 10.6. The van der Waals surface area contributed by atoms with Crippen molar-refractivity contribution >= 4 is 9.92 Å². The van der Waals surface area contributed by atoms with Crippen LogP contribution in [-0.4, -0.2) is 9.46 Å². The monoisotopic (exact) mass is 136 g/mol. The highest BCUT2D eigenvalue weighted by Gasteiger charge is 2.06. The molecule has 0 aromatic rings. The molecule has 0 saturated carbocycles. The molecule has 0 aliphatic rings. The van der Waals surface area contributed by atoms with Gasteiger partial charge in [-0.05, 0) is 13.3 Å². The lowest BCUT2D eigenvalue weighted by Crippen LogP contribution is -2.23. The van der Waals surface area contributed by atoms with Crippen LogP contribution in [0.2, 0.25) is 0 Å². The first-order chi connectivity index (χ1) is 3.48. The highest BCUT2D eigenvalue weighted by molar-refractivity contribution is 7.90. The molecule has 0 saturated heterocycles. The minimum Gasteiger partial charge on any atom is -0.245 e. The van der Waals surface area contributed by atoms with E-state index in [1.54, 1.807) is 6.92 Å². The van der Waals surface area contributed by atoms with Crippen LogP contribution in [0, 0.1) is 4.78 Å². The Balaban J connectivity index is 4.04. The van der Waals surface area contributed by atoms with Crippen LogP contribution in [0.25, 0.3) is 0 Å². The molecular formula is C4H12N2OS. The van der Waals surface area contributed by atoms with E-state index in [4.69, 9.17) is 9.92 Å². The van der Waals surface area contributed by atoms with Crippen LogP contribution < -0.4 is 5.14 Å². The summed E-state index contributed by atoms with van der Waals surface area (Å²) in [6.45, 7) is 3.58. The van der Waals surface area contributed by atoms with Gasteiger partial charge in [0.1, 0.15) is 9.92 Å². The Morgan fingerprint density at radius 2 is 2.25 bits per heavy atom. The lowest BCUT2D eigenvalue weighted by Gasteiger charge is -2.05. The summed E-state index contributed by atoms with van der Waals surface area (Å²) in [5.41, 5.74) is 0. The normalized spacial score (nSPS) is 21.9. The van der Waals surface area contributed by atoms with Crippen molar-refractivity contribution in [3.05, 3.63) is 0 Å². The molecule has 0 radical (unpaired) electrons. The summed E-state index contributed by atoms with van der Waals surface area (Å²) in [5.74, 6) is 0. The third-order valence-electron chi connectivity index (χ3n) is 1.17. The Bertz CT molecular complexity index is 149. The fraction of sp³-hybridized carbons (Fsp3) is 1.00. The van der Waals surface area contributed by atoms with Crippen molar-refractivity contribution < 1.29 is 4.21 Å². The van der Waals surface area contributed by atoms with E-state index in [1.165, 1.54) is 0 Å². The molecule has 50 valence electrons. The van der Waals surface area contributed by atoms with E-state index in [2.05, 4.69) is 0 Å². The minimum atomic E-state index is -2.75. The summed E-state index contributed by atoms with van der Waals surface area (Å²) in [5, 5.41) is 4.81. The fourth-order valence-corrected chi connectivity index (χ4v) is 0.743. The molecule has 4 heteroatoms. The zero-order valence-electron chi connectivity index (χ0n) is 5.18. The number of hydrogen-bond acceptors (Lipinski definition) is 2. The van der Waals surface area contributed by atoms with Crippen molar-refractivity contribution in [1.29, 1.82) is 4.78 Å². The molecule has 0 aromatic carbocycles. The van der Waals surface area contributed by atoms with E-state index in [1.807, 2.05) is 6.92 Å². The van der Waals surface area contributed by atoms with E-state index >= 15 is 0 Å². The van der Waals surface area contributed by atoms with Gasteiger partial charge in [-0.1, -0.05) is 6.92 Å². The quantitative estimate of drug-likeness (QED) is 0.576. The number of nitrogens with one attached hydrogen (secondary N) is 1. The van der Waals surface area contributed by atoms with Gasteiger partial charge in [0.25, 0.3) is 0 Å². The molecule has 0 fully saturated rings. The minimum absolute atomic E-state index is 0.178. The summed E-state index contributed by atoms with van der Waals surface area (Å²) >= 11 is 0. The summed E-state index contributed by atoms with van der Waals surface area (Å²) < 4.78 is 17.4. The van der Waals surface area contributed by atoms with Gasteiger partial charge in [-0.25, -0.2) is 14.1 Å². The maximum atomic E-state index is 10.6. The third-order valence-corrected chi connectivity index (χ3v) is 2.70. The largest absolute Gasteiger partial charge is 0.245 e. The SMILES string of the molecule is CCC(C)S(=N)(N)=O. The number of rotatable bonds is 2. The Kier molecular flexibility index (Phi) is 2.43. The van der Waals surface area contributed by atoms with E-state index in [-0.39, 0.29) is 5.25 Å². The lowest BCUT2D eigenvalue weighted by molar-refractivity contribution is 0.662. The first kappa shape index (κ1) is 7.91. The van der Waals surface area contributed by atoms with Crippen molar-refractivity contribution in [2.45, 2.75) is 25.5 Å². The first-order valence-electron chi connectivity index (χ1n) is 2.53. The first-order valence-corrected chi connectivity index (χ1v) is 4.22. The molecule has 0 aromatic heterocycles. The Morgan fingerprint density at radius 3 is 2.25 bits per heavy atom. The van der Waals surface area contributed by atoms with Gasteiger partial charge in [0.05, 0.1) is 5.25 Å². The number of nitrogens with two attached hydrogens (primary N) is 1. The van der Waals surface area contributed by atoms with Crippen LogP contribution >= 0.6 is 0 Å². The second kappa shape index (κ2) is 2.46. The van der Waals surface area contributed by atoms with E-state index in [0.29, 0.717) is 6.42 Å². The molecule has 0 aliphatic heterocycles. The predicted molar refractivity (Wildman–Crippen MR) is 34.8 cm³/mol. The fourth-order valence-electron chi connectivity index (χ4n) is 0.248. The van der Waals surface area contributed by atoms with Gasteiger partial charge in [-0.2, -0.15) is 0 Å². The van der Waals surface area contributed by atoms with Gasteiger partial charge in [0, 0.05) is 0 Å². The highest BCUT2D eigenvalue weighted by Crippen LogP contribution is 1.98. The zero-order valence-corrected chi connectivity index (χ0v) is 5.99. The van der Waals surface area contributed by atoms with E-state index in [9.17, 15) is 4.21 Å². The van der Waals surface area contributed by atoms with Gasteiger partial charge in [-0.15, -0.1) is 0 Å². The van der Waals surface area contributed by atoms with Crippen molar-refractivity contribution in [2.24, 2.45) is 5.14 Å². The average Bonchev–Trinajstić information content (AvgIpc) is 1.62. The summed E-state index contributed by atoms with van der Waals surface area (Å²) in [6, 6.07) is 0. The lowest BCUT2D eigenvalue weighted by atomic mass is 10.4. The second-order valence-electron chi connectivity index (χ2n) is 1.87. The Morgan fingerprint density at radius 1 is 1.88 bits per heavy atom. The van der Waals surface area contributed by atoms with Crippen molar-refractivity contribution in [2.75, 3.05) is 0 Å². The third kappa shape index (κ3) is 2.28. The van der Waals surface area contributed by atoms with Gasteiger partial charge in [-0.3, -0.25) is 0 Å². The molecule has 0 amide bonds. The summed E-state index contributed by atoms with van der Waals surface area (Å²) in [4.78, 5) is 0. The van der Waals surface area contributed by atoms with Crippen molar-refractivity contribution in [3.8, 4) is 0 Å². The van der Waals surface area contributed by atoms with Crippen LogP contribution in [0.1, 0.15) is 20.3 Å². The molecule has 0 bridgehead atoms. The van der Waals surface area contributed by atoms with Crippen LogP contribution in [0.5, 0.6) is 0 Å². The molecule has 0 spiro atoms. The van der Waals surface area contributed by atoms with Gasteiger partial charge in [0.15, 0.2) is 0 Å². The summed E-state index contributed by atoms with van der Waals surface area (Å²) in [7, 11) is -2.75. The smallest absolute Gasteiger partial charge is 0.105 e. The van der Waals surface area contributed by atoms with Gasteiger partial charge < -0.3 is 0 Å². The van der Waals surface area contributed by atoms with Crippen LogP contribution in [-0.2, 0) is 9.92 Å². The van der Waals surface area contributed by atoms with Gasteiger partial charge in [0.2, 0.25) is 0 Å². The molecular weight excluding hydrogens is 124 g/mol. The molecule has 8 heavy (non-hydrogen) atoms. The van der Waals surface area contributed by atoms with Gasteiger partial charge >= 0.3 is 0 Å². The average molecular weight is 136 g/mol. The molecule has 3 N–H and O–H groups in total. The molecule has 2 atom stereocenters. The Hall–Kier alpha value is -0.0900. The molecule has 0 aliphatic carbocycles. The molecule has 3 nitrogen and oxygen atoms in total. The van der Waals surface area contributed by atoms with Crippen LogP contribution in [0.3, 0.4) is 0 Å². The Labute approximate surface area is 50.4 Å². The van der Waals surface area contributed by atoms with E-state index in [0.717, 1.165) is 0 Å². The van der Waals surface area contributed by atoms with E-state index < -0.39 is 9.92 Å². The molecule has 0 rings (SSSR count). The second-order valence-corrected chi connectivity index (χ2v) is 3.97. The van der Waals surface area contributed by atoms with Crippen LogP contribution in [0.4, 0.5) is 0 Å². The predicted octanol–water partition coefficient (Wildman–Crippen LogP) is 0.705. The van der Waals surface area contributed by atoms with Crippen LogP contribution in [0.15, 0.2) is 0 Å². The number of hydrogen-bond donors (Lipinski definition) is 2. The topological polar surface area (TPSA) is 66.9 Å². The van der Waals surface area contributed by atoms with Crippen molar-refractivity contribution in [1.82, 2.24) is 0 Å². The molecule has 2 unspecified atom stereocenters. The zero-order chi connectivity index (χ0) is 6.78. The van der Waals surface area contributed by atoms with Crippen molar-refractivity contribution in [3.63, 3.8) is 0 Å². The molecule has 0 heterocycles. The highest BCUT2D eigenvalue weighted by atomic mass is 32.2.